The first-order chi connectivity index (χ1) is 9.74. The Labute approximate surface area is 129 Å². The van der Waals surface area contributed by atoms with E-state index in [4.69, 9.17) is 0 Å². The molecule has 0 bridgehead atoms. The van der Waals surface area contributed by atoms with Gasteiger partial charge in [-0.1, -0.05) is 40.2 Å². The van der Waals surface area contributed by atoms with Crippen molar-refractivity contribution < 1.29 is 0 Å². The third kappa shape index (κ3) is 2.90. The molecule has 104 valence electrons. The van der Waals surface area contributed by atoms with Gasteiger partial charge in [0.25, 0.3) is 0 Å². The van der Waals surface area contributed by atoms with E-state index < -0.39 is 0 Å². The molecule has 3 rings (SSSR count). The van der Waals surface area contributed by atoms with E-state index >= 15 is 0 Å². The number of halogens is 1. The zero-order valence-electron chi connectivity index (χ0n) is 11.9. The molecule has 2 aromatic rings. The molecule has 1 aliphatic carbocycles. The summed E-state index contributed by atoms with van der Waals surface area (Å²) < 4.78 is 1.19. The molecular weight excluding hydrogens is 310 g/mol. The molecule has 1 N–H and O–H groups in total. The van der Waals surface area contributed by atoms with Crippen molar-refractivity contribution in [3.63, 3.8) is 0 Å². The van der Waals surface area contributed by atoms with E-state index in [-0.39, 0.29) is 0 Å². The largest absolute Gasteiger partial charge is 0.381 e. The quantitative estimate of drug-likeness (QED) is 0.811. The lowest BCUT2D eigenvalue weighted by atomic mass is 9.90. The predicted molar refractivity (Wildman–Crippen MR) is 89.3 cm³/mol. The maximum absolute atomic E-state index is 3.66. The van der Waals surface area contributed by atoms with Gasteiger partial charge in [0.1, 0.15) is 0 Å². The van der Waals surface area contributed by atoms with Crippen molar-refractivity contribution >= 4 is 21.6 Å². The number of hydrogen-bond acceptors (Lipinski definition) is 1. The van der Waals surface area contributed by atoms with Crippen molar-refractivity contribution in [1.82, 2.24) is 0 Å². The Balaban J connectivity index is 1.78. The van der Waals surface area contributed by atoms with Gasteiger partial charge >= 0.3 is 0 Å². The first-order valence-corrected chi connectivity index (χ1v) is 8.13. The molecule has 0 saturated heterocycles. The molecule has 0 fully saturated rings. The highest BCUT2D eigenvalue weighted by atomic mass is 79.9. The van der Waals surface area contributed by atoms with E-state index in [1.54, 1.807) is 0 Å². The van der Waals surface area contributed by atoms with Gasteiger partial charge in [-0.15, -0.1) is 0 Å². The Hall–Kier alpha value is -1.28. The number of anilines is 1. The second-order valence-corrected chi connectivity index (χ2v) is 6.45. The third-order valence-electron chi connectivity index (χ3n) is 4.07. The second-order valence-electron chi connectivity index (χ2n) is 5.60. The van der Waals surface area contributed by atoms with E-state index in [0.29, 0.717) is 0 Å². The SMILES string of the molecule is Cc1ccc(CNc2cccc3c2CCCC3)c(Br)c1. The number of aryl methyl sites for hydroxylation is 2. The van der Waals surface area contributed by atoms with Crippen LogP contribution >= 0.6 is 15.9 Å². The minimum atomic E-state index is 0.872. The summed E-state index contributed by atoms with van der Waals surface area (Å²) in [5.74, 6) is 0. The van der Waals surface area contributed by atoms with E-state index in [0.717, 1.165) is 6.54 Å². The maximum Gasteiger partial charge on any atom is 0.0412 e. The Morgan fingerprint density at radius 3 is 2.80 bits per heavy atom. The number of benzene rings is 2. The number of hydrogen-bond donors (Lipinski definition) is 1. The summed E-state index contributed by atoms with van der Waals surface area (Å²) >= 11 is 3.66. The summed E-state index contributed by atoms with van der Waals surface area (Å²) in [5.41, 5.74) is 6.97. The molecule has 1 nitrogen and oxygen atoms in total. The first-order valence-electron chi connectivity index (χ1n) is 7.34. The average molecular weight is 330 g/mol. The molecule has 0 aliphatic heterocycles. The van der Waals surface area contributed by atoms with Crippen LogP contribution in [-0.2, 0) is 19.4 Å². The van der Waals surface area contributed by atoms with Crippen molar-refractivity contribution in [3.8, 4) is 0 Å². The van der Waals surface area contributed by atoms with Crippen molar-refractivity contribution in [3.05, 3.63) is 63.1 Å². The number of rotatable bonds is 3. The molecule has 0 radical (unpaired) electrons. The summed E-state index contributed by atoms with van der Waals surface area (Å²) in [7, 11) is 0. The minimum absolute atomic E-state index is 0.872. The topological polar surface area (TPSA) is 12.0 Å². The number of nitrogens with one attached hydrogen (secondary N) is 1. The molecule has 0 spiro atoms. The van der Waals surface area contributed by atoms with Crippen LogP contribution in [0, 0.1) is 6.92 Å². The molecule has 0 amide bonds. The van der Waals surface area contributed by atoms with Gasteiger partial charge in [0, 0.05) is 16.7 Å². The lowest BCUT2D eigenvalue weighted by molar-refractivity contribution is 0.686. The van der Waals surface area contributed by atoms with Crippen LogP contribution in [0.1, 0.15) is 35.1 Å². The zero-order valence-corrected chi connectivity index (χ0v) is 13.5. The summed E-state index contributed by atoms with van der Waals surface area (Å²) in [6.45, 7) is 2.99. The lowest BCUT2D eigenvalue weighted by Gasteiger charge is -2.20. The van der Waals surface area contributed by atoms with Gasteiger partial charge in [-0.05, 0) is 67.0 Å². The van der Waals surface area contributed by atoms with E-state index in [2.05, 4.69) is 64.6 Å². The summed E-state index contributed by atoms with van der Waals surface area (Å²) in [6.07, 6.45) is 5.10. The van der Waals surface area contributed by atoms with Crippen LogP contribution in [0.5, 0.6) is 0 Å². The highest BCUT2D eigenvalue weighted by Gasteiger charge is 2.12. The van der Waals surface area contributed by atoms with Crippen LogP contribution in [0.15, 0.2) is 40.9 Å². The standard InChI is InChI=1S/C18H20BrN/c1-13-9-10-15(17(19)11-13)12-20-18-8-4-6-14-5-2-3-7-16(14)18/h4,6,8-11,20H,2-3,5,7,12H2,1H3. The van der Waals surface area contributed by atoms with Gasteiger partial charge in [0.2, 0.25) is 0 Å². The molecule has 2 heteroatoms. The lowest BCUT2D eigenvalue weighted by Crippen LogP contribution is -2.08. The van der Waals surface area contributed by atoms with Crippen LogP contribution < -0.4 is 5.32 Å². The van der Waals surface area contributed by atoms with Crippen LogP contribution in [0.25, 0.3) is 0 Å². The highest BCUT2D eigenvalue weighted by molar-refractivity contribution is 9.10. The van der Waals surface area contributed by atoms with Gasteiger partial charge in [-0.25, -0.2) is 0 Å². The summed E-state index contributed by atoms with van der Waals surface area (Å²) in [6, 6.07) is 13.2. The fourth-order valence-corrected chi connectivity index (χ4v) is 3.57. The van der Waals surface area contributed by atoms with Crippen LogP contribution in [0.3, 0.4) is 0 Å². The molecule has 1 aliphatic rings. The molecule has 0 saturated carbocycles. The molecule has 0 unspecified atom stereocenters. The van der Waals surface area contributed by atoms with E-state index in [1.165, 1.54) is 58.1 Å². The average Bonchev–Trinajstić information content (AvgIpc) is 2.46. The molecule has 2 aromatic carbocycles. The van der Waals surface area contributed by atoms with Crippen LogP contribution in [0.4, 0.5) is 5.69 Å². The summed E-state index contributed by atoms with van der Waals surface area (Å²) in [4.78, 5) is 0. The molecular formula is C18H20BrN. The predicted octanol–water partition coefficient (Wildman–Crippen LogP) is 5.25. The Bertz CT molecular complexity index is 619. The second kappa shape index (κ2) is 6.01. The molecule has 0 heterocycles. The van der Waals surface area contributed by atoms with Gasteiger partial charge in [-0.3, -0.25) is 0 Å². The number of fused-ring (bicyclic) bond motifs is 1. The van der Waals surface area contributed by atoms with Gasteiger partial charge in [0.05, 0.1) is 0 Å². The fourth-order valence-electron chi connectivity index (χ4n) is 2.93. The van der Waals surface area contributed by atoms with Gasteiger partial charge in [-0.2, -0.15) is 0 Å². The molecule has 20 heavy (non-hydrogen) atoms. The van der Waals surface area contributed by atoms with Gasteiger partial charge in [0.15, 0.2) is 0 Å². The maximum atomic E-state index is 3.66. The summed E-state index contributed by atoms with van der Waals surface area (Å²) in [5, 5.41) is 3.62. The van der Waals surface area contributed by atoms with E-state index in [9.17, 15) is 0 Å². The Morgan fingerprint density at radius 1 is 1.10 bits per heavy atom. The van der Waals surface area contributed by atoms with Crippen molar-refractivity contribution in [1.29, 1.82) is 0 Å². The fraction of sp³-hybridized carbons (Fsp3) is 0.333. The molecule has 0 aromatic heterocycles. The van der Waals surface area contributed by atoms with Crippen molar-refractivity contribution in [2.45, 2.75) is 39.2 Å². The van der Waals surface area contributed by atoms with E-state index in [1.807, 2.05) is 0 Å². The highest BCUT2D eigenvalue weighted by Crippen LogP contribution is 2.28. The Kier molecular flexibility index (Phi) is 4.11. The zero-order chi connectivity index (χ0) is 13.9. The van der Waals surface area contributed by atoms with Crippen LogP contribution in [-0.4, -0.2) is 0 Å². The monoisotopic (exact) mass is 329 g/mol. The first kappa shape index (κ1) is 13.7. The van der Waals surface area contributed by atoms with Gasteiger partial charge < -0.3 is 5.32 Å². The molecule has 0 atom stereocenters. The normalized spacial score (nSPS) is 13.9. The minimum Gasteiger partial charge on any atom is -0.381 e. The van der Waals surface area contributed by atoms with Crippen molar-refractivity contribution in [2.75, 3.05) is 5.32 Å². The van der Waals surface area contributed by atoms with Crippen molar-refractivity contribution in [2.24, 2.45) is 0 Å². The van der Waals surface area contributed by atoms with Crippen LogP contribution in [0.2, 0.25) is 0 Å². The Morgan fingerprint density at radius 2 is 1.95 bits per heavy atom. The third-order valence-corrected chi connectivity index (χ3v) is 4.81. The smallest absolute Gasteiger partial charge is 0.0412 e.